The van der Waals surface area contributed by atoms with Gasteiger partial charge in [0.2, 0.25) is 0 Å². The van der Waals surface area contributed by atoms with Crippen LogP contribution in [0.5, 0.6) is 0 Å². The van der Waals surface area contributed by atoms with E-state index in [0.29, 0.717) is 5.92 Å². The molecule has 0 radical (unpaired) electrons. The summed E-state index contributed by atoms with van der Waals surface area (Å²) in [5, 5.41) is 4.10. The third-order valence-electron chi connectivity index (χ3n) is 4.55. The van der Waals surface area contributed by atoms with Crippen LogP contribution < -0.4 is 4.90 Å². The predicted octanol–water partition coefficient (Wildman–Crippen LogP) is 2.85. The number of rotatable bonds is 5. The van der Waals surface area contributed by atoms with Crippen molar-refractivity contribution < 1.29 is 4.79 Å². The summed E-state index contributed by atoms with van der Waals surface area (Å²) in [7, 11) is 0. The van der Waals surface area contributed by atoms with E-state index in [1.807, 2.05) is 30.0 Å². The number of carbonyl (C=O) groups excluding carboxylic acids is 1. The zero-order chi connectivity index (χ0) is 16.1. The largest absolute Gasteiger partial charge is 0.295 e. The van der Waals surface area contributed by atoms with E-state index < -0.39 is 0 Å². The highest BCUT2D eigenvalue weighted by atomic mass is 16.2. The minimum absolute atomic E-state index is 0.0137. The molecule has 23 heavy (non-hydrogen) atoms. The number of nitrogens with zero attached hydrogens (tertiary/aromatic N) is 5. The summed E-state index contributed by atoms with van der Waals surface area (Å²) in [6.07, 6.45) is 11.0. The van der Waals surface area contributed by atoms with E-state index in [2.05, 4.69) is 15.1 Å². The molecule has 0 aliphatic heterocycles. The molecule has 6 heteroatoms. The molecule has 0 unspecified atom stereocenters. The Morgan fingerprint density at radius 2 is 2.17 bits per heavy atom. The number of aromatic nitrogens is 4. The first-order valence-corrected chi connectivity index (χ1v) is 8.32. The first-order valence-electron chi connectivity index (χ1n) is 8.32. The fraction of sp³-hybridized carbons (Fsp3) is 0.529. The monoisotopic (exact) mass is 313 g/mol. The Balaban J connectivity index is 1.80. The lowest BCUT2D eigenvalue weighted by Gasteiger charge is -2.30. The van der Waals surface area contributed by atoms with Gasteiger partial charge in [0.1, 0.15) is 24.5 Å². The van der Waals surface area contributed by atoms with Crippen molar-refractivity contribution in [2.75, 3.05) is 11.4 Å². The van der Waals surface area contributed by atoms with Crippen molar-refractivity contribution >= 4 is 11.7 Å². The molecule has 1 aliphatic rings. The van der Waals surface area contributed by atoms with Crippen LogP contribution in [0.2, 0.25) is 0 Å². The highest BCUT2D eigenvalue weighted by Gasteiger charge is 2.27. The van der Waals surface area contributed by atoms with Crippen LogP contribution in [0.1, 0.15) is 45.1 Å². The molecule has 0 aromatic carbocycles. The summed E-state index contributed by atoms with van der Waals surface area (Å²) in [4.78, 5) is 23.2. The van der Waals surface area contributed by atoms with Gasteiger partial charge in [0.15, 0.2) is 0 Å². The van der Waals surface area contributed by atoms with E-state index in [1.54, 1.807) is 17.2 Å². The molecule has 1 amide bonds. The van der Waals surface area contributed by atoms with E-state index in [0.717, 1.165) is 12.4 Å². The Hall–Kier alpha value is -2.24. The van der Waals surface area contributed by atoms with Gasteiger partial charge in [-0.3, -0.25) is 9.69 Å². The molecule has 122 valence electrons. The van der Waals surface area contributed by atoms with Crippen molar-refractivity contribution in [3.63, 3.8) is 0 Å². The minimum Gasteiger partial charge on any atom is -0.295 e. The minimum atomic E-state index is -0.386. The topological polar surface area (TPSA) is 63.9 Å². The van der Waals surface area contributed by atoms with Gasteiger partial charge in [-0.2, -0.15) is 5.10 Å². The summed E-state index contributed by atoms with van der Waals surface area (Å²) in [5.74, 6) is 1.28. The molecule has 0 N–H and O–H groups in total. The van der Waals surface area contributed by atoms with E-state index in [1.165, 1.54) is 38.4 Å². The maximum atomic E-state index is 13.0. The first kappa shape index (κ1) is 15.6. The number of hydrogen-bond donors (Lipinski definition) is 0. The van der Waals surface area contributed by atoms with Crippen molar-refractivity contribution in [3.05, 3.63) is 37.1 Å². The van der Waals surface area contributed by atoms with Crippen LogP contribution in [0.3, 0.4) is 0 Å². The average Bonchev–Trinajstić information content (AvgIpc) is 3.15. The van der Waals surface area contributed by atoms with Gasteiger partial charge in [0, 0.05) is 12.7 Å². The zero-order valence-electron chi connectivity index (χ0n) is 13.5. The second kappa shape index (κ2) is 7.35. The van der Waals surface area contributed by atoms with Crippen molar-refractivity contribution in [2.45, 2.75) is 45.1 Å². The van der Waals surface area contributed by atoms with Crippen LogP contribution in [0.4, 0.5) is 5.82 Å². The van der Waals surface area contributed by atoms with Crippen molar-refractivity contribution in [3.8, 4) is 0 Å². The van der Waals surface area contributed by atoms with Gasteiger partial charge >= 0.3 is 0 Å². The second-order valence-electron chi connectivity index (χ2n) is 6.19. The normalized spacial score (nSPS) is 16.9. The lowest BCUT2D eigenvalue weighted by molar-refractivity contribution is -0.121. The van der Waals surface area contributed by atoms with Gasteiger partial charge in [-0.05, 0) is 37.8 Å². The summed E-state index contributed by atoms with van der Waals surface area (Å²) in [6.45, 7) is 2.59. The molecule has 2 aromatic heterocycles. The molecular weight excluding hydrogens is 290 g/mol. The van der Waals surface area contributed by atoms with Crippen LogP contribution in [-0.4, -0.2) is 32.2 Å². The molecular formula is C17H23N5O. The number of anilines is 1. The summed E-state index contributed by atoms with van der Waals surface area (Å²) in [6, 6.07) is 5.30. The van der Waals surface area contributed by atoms with E-state index in [9.17, 15) is 4.79 Å². The zero-order valence-corrected chi connectivity index (χ0v) is 13.5. The molecule has 3 rings (SSSR count). The third kappa shape index (κ3) is 3.75. The Morgan fingerprint density at radius 1 is 1.35 bits per heavy atom. The molecule has 1 aliphatic carbocycles. The van der Waals surface area contributed by atoms with Crippen molar-refractivity contribution in [1.29, 1.82) is 0 Å². The fourth-order valence-corrected chi connectivity index (χ4v) is 3.19. The maximum absolute atomic E-state index is 13.0. The quantitative estimate of drug-likeness (QED) is 0.851. The maximum Gasteiger partial charge on any atom is 0.252 e. The molecule has 2 heterocycles. The Bertz CT molecular complexity index is 607. The number of amides is 1. The first-order chi connectivity index (χ1) is 11.3. The number of hydrogen-bond acceptors (Lipinski definition) is 4. The summed E-state index contributed by atoms with van der Waals surface area (Å²) < 4.78 is 1.60. The molecule has 1 saturated carbocycles. The standard InChI is InChI=1S/C17H23N5O/c1-14(22-13-18-12-20-22)17(23)21(16-9-5-6-10-19-16)11-15-7-3-2-4-8-15/h5-6,9-10,12-15H,2-4,7-8,11H2,1H3/t14-/m0/s1. The lowest BCUT2D eigenvalue weighted by Crippen LogP contribution is -2.40. The molecule has 0 spiro atoms. The average molecular weight is 313 g/mol. The summed E-state index contributed by atoms with van der Waals surface area (Å²) >= 11 is 0. The van der Waals surface area contributed by atoms with Gasteiger partial charge in [-0.25, -0.2) is 14.6 Å². The number of pyridine rings is 1. The number of carbonyl (C=O) groups is 1. The van der Waals surface area contributed by atoms with Gasteiger partial charge in [0.25, 0.3) is 5.91 Å². The van der Waals surface area contributed by atoms with Gasteiger partial charge in [-0.15, -0.1) is 0 Å². The van der Waals surface area contributed by atoms with E-state index >= 15 is 0 Å². The molecule has 1 atom stereocenters. The van der Waals surface area contributed by atoms with Crippen molar-refractivity contribution in [2.24, 2.45) is 5.92 Å². The van der Waals surface area contributed by atoms with Gasteiger partial charge in [-0.1, -0.05) is 25.3 Å². The molecule has 2 aromatic rings. The highest BCUT2D eigenvalue weighted by Crippen LogP contribution is 2.27. The Labute approximate surface area is 136 Å². The van der Waals surface area contributed by atoms with Crippen LogP contribution in [-0.2, 0) is 4.79 Å². The van der Waals surface area contributed by atoms with E-state index in [-0.39, 0.29) is 11.9 Å². The SMILES string of the molecule is C[C@@H](C(=O)N(CC1CCCCC1)c1ccccn1)n1cncn1. The molecule has 1 fully saturated rings. The van der Waals surface area contributed by atoms with Crippen LogP contribution in [0, 0.1) is 5.92 Å². The van der Waals surface area contributed by atoms with Crippen molar-refractivity contribution in [1.82, 2.24) is 19.7 Å². The van der Waals surface area contributed by atoms with E-state index in [4.69, 9.17) is 0 Å². The smallest absolute Gasteiger partial charge is 0.252 e. The molecule has 0 bridgehead atoms. The molecule has 6 nitrogen and oxygen atoms in total. The Morgan fingerprint density at radius 3 is 2.83 bits per heavy atom. The van der Waals surface area contributed by atoms with Crippen LogP contribution in [0.25, 0.3) is 0 Å². The highest BCUT2D eigenvalue weighted by molar-refractivity contribution is 5.95. The molecule has 0 saturated heterocycles. The predicted molar refractivity (Wildman–Crippen MR) is 87.9 cm³/mol. The fourth-order valence-electron chi connectivity index (χ4n) is 3.19. The Kier molecular flexibility index (Phi) is 5.00. The van der Waals surface area contributed by atoms with Crippen LogP contribution >= 0.6 is 0 Å². The van der Waals surface area contributed by atoms with Gasteiger partial charge < -0.3 is 0 Å². The summed E-state index contributed by atoms with van der Waals surface area (Å²) in [5.41, 5.74) is 0. The van der Waals surface area contributed by atoms with Crippen LogP contribution in [0.15, 0.2) is 37.1 Å². The second-order valence-corrected chi connectivity index (χ2v) is 6.19. The lowest BCUT2D eigenvalue weighted by atomic mass is 9.89. The van der Waals surface area contributed by atoms with Gasteiger partial charge in [0.05, 0.1) is 0 Å². The third-order valence-corrected chi connectivity index (χ3v) is 4.55.